The van der Waals surface area contributed by atoms with Crippen molar-refractivity contribution < 1.29 is 18.3 Å². The van der Waals surface area contributed by atoms with Gasteiger partial charge in [-0.3, -0.25) is 0 Å². The van der Waals surface area contributed by atoms with Gasteiger partial charge in [0, 0.05) is 19.7 Å². The molecule has 0 radical (unpaired) electrons. The fourth-order valence-electron chi connectivity index (χ4n) is 2.46. The van der Waals surface area contributed by atoms with E-state index in [0.29, 0.717) is 12.8 Å². The molecule has 0 aromatic carbocycles. The Morgan fingerprint density at radius 2 is 1.95 bits per heavy atom. The number of anilines is 1. The third-order valence-electron chi connectivity index (χ3n) is 3.43. The van der Waals surface area contributed by atoms with Gasteiger partial charge in [-0.05, 0) is 24.4 Å². The molecule has 112 valence electrons. The van der Waals surface area contributed by atoms with Crippen LogP contribution in [0.5, 0.6) is 0 Å². The number of aliphatic hydroxyl groups is 1. The minimum Gasteiger partial charge on any atom is -0.388 e. The molecule has 8 heteroatoms. The lowest BCUT2D eigenvalue weighted by molar-refractivity contribution is -0.141. The van der Waals surface area contributed by atoms with Crippen molar-refractivity contribution >= 4 is 17.4 Å². The molecule has 1 aromatic rings. The van der Waals surface area contributed by atoms with Crippen LogP contribution in [0.15, 0.2) is 6.07 Å². The van der Waals surface area contributed by atoms with E-state index < -0.39 is 22.8 Å². The summed E-state index contributed by atoms with van der Waals surface area (Å²) in [6.07, 6.45) is -1.46. The van der Waals surface area contributed by atoms with Gasteiger partial charge in [0.05, 0.1) is 5.60 Å². The first-order valence-corrected chi connectivity index (χ1v) is 6.63. The Hall–Kier alpha value is -1.08. The van der Waals surface area contributed by atoms with E-state index in [9.17, 15) is 18.3 Å². The normalized spacial score (nSPS) is 18.3. The number of likely N-dealkylation sites (N-methyl/N-ethyl adjacent to an activating group) is 1. The highest BCUT2D eigenvalue weighted by Crippen LogP contribution is 2.33. The number of nitrogens with zero attached hydrogens (tertiary/aromatic N) is 3. The van der Waals surface area contributed by atoms with Gasteiger partial charge in [-0.1, -0.05) is 12.8 Å². The number of hydrogen-bond donors (Lipinski definition) is 1. The number of aromatic nitrogens is 2. The second-order valence-corrected chi connectivity index (χ2v) is 5.50. The van der Waals surface area contributed by atoms with E-state index in [1.807, 2.05) is 0 Å². The van der Waals surface area contributed by atoms with E-state index in [4.69, 9.17) is 11.6 Å². The van der Waals surface area contributed by atoms with E-state index in [1.165, 1.54) is 4.90 Å². The summed E-state index contributed by atoms with van der Waals surface area (Å²) in [7, 11) is 1.58. The smallest absolute Gasteiger partial charge is 0.388 e. The molecule has 1 aliphatic rings. The second-order valence-electron chi connectivity index (χ2n) is 5.17. The summed E-state index contributed by atoms with van der Waals surface area (Å²) in [5.74, 6) is 0.0534. The van der Waals surface area contributed by atoms with Crippen LogP contribution in [0.3, 0.4) is 0 Å². The van der Waals surface area contributed by atoms with Crippen LogP contribution in [-0.4, -0.2) is 34.3 Å². The van der Waals surface area contributed by atoms with Crippen molar-refractivity contribution in [2.24, 2.45) is 0 Å². The van der Waals surface area contributed by atoms with Gasteiger partial charge in [0.1, 0.15) is 5.82 Å². The molecule has 1 N–H and O–H groups in total. The van der Waals surface area contributed by atoms with Gasteiger partial charge in [0.25, 0.3) is 0 Å². The second kappa shape index (κ2) is 5.37. The van der Waals surface area contributed by atoms with Crippen LogP contribution in [0.1, 0.15) is 31.4 Å². The van der Waals surface area contributed by atoms with Crippen molar-refractivity contribution in [1.82, 2.24) is 9.97 Å². The van der Waals surface area contributed by atoms with Crippen molar-refractivity contribution in [3.63, 3.8) is 0 Å². The Bertz CT molecular complexity index is 489. The molecule has 0 atom stereocenters. The van der Waals surface area contributed by atoms with Crippen molar-refractivity contribution in [3.05, 3.63) is 17.0 Å². The van der Waals surface area contributed by atoms with Gasteiger partial charge in [-0.15, -0.1) is 0 Å². The molecule has 1 heterocycles. The third kappa shape index (κ3) is 3.52. The fourth-order valence-corrected chi connectivity index (χ4v) is 2.64. The van der Waals surface area contributed by atoms with Crippen molar-refractivity contribution in [1.29, 1.82) is 0 Å². The molecule has 1 fully saturated rings. The van der Waals surface area contributed by atoms with Gasteiger partial charge >= 0.3 is 6.18 Å². The zero-order chi connectivity index (χ0) is 15.0. The minimum atomic E-state index is -4.58. The summed E-state index contributed by atoms with van der Waals surface area (Å²) in [5.41, 5.74) is -1.96. The van der Waals surface area contributed by atoms with Crippen LogP contribution in [0.25, 0.3) is 0 Å². The third-order valence-corrected chi connectivity index (χ3v) is 3.60. The van der Waals surface area contributed by atoms with Crippen LogP contribution in [0.2, 0.25) is 5.28 Å². The maximum atomic E-state index is 12.7. The van der Waals surface area contributed by atoms with Crippen LogP contribution in [-0.2, 0) is 6.18 Å². The fraction of sp³-hybridized carbons (Fsp3) is 0.667. The number of hydrogen-bond acceptors (Lipinski definition) is 4. The quantitative estimate of drug-likeness (QED) is 0.872. The zero-order valence-electron chi connectivity index (χ0n) is 10.9. The molecule has 1 saturated carbocycles. The van der Waals surface area contributed by atoms with E-state index in [-0.39, 0.29) is 12.4 Å². The summed E-state index contributed by atoms with van der Waals surface area (Å²) >= 11 is 5.54. The number of halogens is 4. The van der Waals surface area contributed by atoms with Gasteiger partial charge < -0.3 is 10.0 Å². The first-order valence-electron chi connectivity index (χ1n) is 6.25. The molecular formula is C12H15ClF3N3O. The van der Waals surface area contributed by atoms with Crippen molar-refractivity contribution in [2.45, 2.75) is 37.5 Å². The van der Waals surface area contributed by atoms with Crippen molar-refractivity contribution in [3.8, 4) is 0 Å². The molecule has 20 heavy (non-hydrogen) atoms. The Morgan fingerprint density at radius 1 is 1.35 bits per heavy atom. The first kappa shape index (κ1) is 15.3. The van der Waals surface area contributed by atoms with Gasteiger partial charge in [0.2, 0.25) is 5.28 Å². The van der Waals surface area contributed by atoms with Gasteiger partial charge in [-0.2, -0.15) is 13.2 Å². The molecule has 0 bridgehead atoms. The summed E-state index contributed by atoms with van der Waals surface area (Å²) < 4.78 is 38.0. The summed E-state index contributed by atoms with van der Waals surface area (Å²) in [5, 5.41) is 9.82. The monoisotopic (exact) mass is 309 g/mol. The maximum absolute atomic E-state index is 12.7. The molecule has 2 rings (SSSR count). The average molecular weight is 310 g/mol. The number of alkyl halides is 3. The molecular weight excluding hydrogens is 295 g/mol. The predicted octanol–water partition coefficient (Wildman–Crippen LogP) is 2.89. The highest BCUT2D eigenvalue weighted by Gasteiger charge is 2.35. The van der Waals surface area contributed by atoms with Crippen LogP contribution in [0, 0.1) is 0 Å². The van der Waals surface area contributed by atoms with Crippen LogP contribution in [0.4, 0.5) is 19.0 Å². The molecule has 1 aliphatic carbocycles. The van der Waals surface area contributed by atoms with E-state index in [1.54, 1.807) is 7.05 Å². The van der Waals surface area contributed by atoms with Crippen molar-refractivity contribution in [2.75, 3.05) is 18.5 Å². The maximum Gasteiger partial charge on any atom is 0.433 e. The first-order chi connectivity index (χ1) is 9.20. The molecule has 0 aliphatic heterocycles. The summed E-state index contributed by atoms with van der Waals surface area (Å²) in [6.45, 7) is 0.220. The molecule has 0 spiro atoms. The highest BCUT2D eigenvalue weighted by atomic mass is 35.5. The topological polar surface area (TPSA) is 49.2 Å². The number of rotatable bonds is 3. The Morgan fingerprint density at radius 3 is 2.50 bits per heavy atom. The lowest BCUT2D eigenvalue weighted by Crippen LogP contribution is -2.39. The average Bonchev–Trinajstić information content (AvgIpc) is 2.73. The van der Waals surface area contributed by atoms with E-state index in [2.05, 4.69) is 9.97 Å². The highest BCUT2D eigenvalue weighted by molar-refractivity contribution is 6.28. The molecule has 4 nitrogen and oxygen atoms in total. The van der Waals surface area contributed by atoms with Gasteiger partial charge in [0.15, 0.2) is 5.69 Å². The zero-order valence-corrected chi connectivity index (χ0v) is 11.7. The lowest BCUT2D eigenvalue weighted by Gasteiger charge is -2.29. The van der Waals surface area contributed by atoms with Crippen LogP contribution >= 0.6 is 11.6 Å². The standard InChI is InChI=1S/C12H15ClF3N3O/c1-19(7-11(20)4-2-3-5-11)9-6-8(12(14,15)16)17-10(13)18-9/h6,20H,2-5,7H2,1H3. The van der Waals surface area contributed by atoms with Crippen LogP contribution < -0.4 is 4.90 Å². The lowest BCUT2D eigenvalue weighted by atomic mass is 10.0. The summed E-state index contributed by atoms with van der Waals surface area (Å²) in [4.78, 5) is 8.45. The molecule has 0 unspecified atom stereocenters. The van der Waals surface area contributed by atoms with E-state index in [0.717, 1.165) is 18.9 Å². The van der Waals surface area contributed by atoms with E-state index >= 15 is 0 Å². The van der Waals surface area contributed by atoms with Gasteiger partial charge in [-0.25, -0.2) is 9.97 Å². The molecule has 0 saturated heterocycles. The Kier molecular flexibility index (Phi) is 4.11. The minimum absolute atomic E-state index is 0.0534. The molecule has 1 aromatic heterocycles. The molecule has 0 amide bonds. The summed E-state index contributed by atoms with van der Waals surface area (Å²) in [6, 6.07) is 0.837. The Labute approximate surface area is 119 Å². The SMILES string of the molecule is CN(CC1(O)CCCC1)c1cc(C(F)(F)F)nc(Cl)n1. The largest absolute Gasteiger partial charge is 0.433 e. The predicted molar refractivity (Wildman–Crippen MR) is 68.7 cm³/mol. The Balaban J connectivity index is 2.21.